The first-order valence-corrected chi connectivity index (χ1v) is 11.9. The van der Waals surface area contributed by atoms with Crippen LogP contribution in [0.2, 0.25) is 0 Å². The van der Waals surface area contributed by atoms with E-state index in [0.29, 0.717) is 25.3 Å². The maximum absolute atomic E-state index is 13.5. The van der Waals surface area contributed by atoms with Crippen LogP contribution in [0.25, 0.3) is 22.3 Å². The van der Waals surface area contributed by atoms with Gasteiger partial charge in [0.2, 0.25) is 0 Å². The quantitative estimate of drug-likeness (QED) is 0.626. The van der Waals surface area contributed by atoms with E-state index >= 15 is 0 Å². The minimum atomic E-state index is -2.40. The van der Waals surface area contributed by atoms with Gasteiger partial charge in [-0.25, -0.2) is 22.8 Å². The van der Waals surface area contributed by atoms with Crippen molar-refractivity contribution in [3.05, 3.63) is 31.0 Å². The fourth-order valence-corrected chi connectivity index (χ4v) is 6.62. The molecule has 1 atom stereocenters. The number of hydrogen-bond acceptors (Lipinski definition) is 6. The molecule has 2 aliphatic rings. The molecule has 2 fully saturated rings. The lowest BCUT2D eigenvalue weighted by Crippen LogP contribution is -2.64. The smallest absolute Gasteiger partial charge is 0.141 e. The Morgan fingerprint density at radius 3 is 2.97 bits per heavy atom. The third-order valence-electron chi connectivity index (χ3n) is 5.78. The number of nitriles is 1. The molecule has 10 heteroatoms. The maximum atomic E-state index is 13.5. The molecule has 1 aliphatic heterocycles. The molecule has 0 bridgehead atoms. The zero-order valence-electron chi connectivity index (χ0n) is 16.9. The van der Waals surface area contributed by atoms with E-state index in [2.05, 4.69) is 30.5 Å². The van der Waals surface area contributed by atoms with Gasteiger partial charge in [0, 0.05) is 42.2 Å². The minimum absolute atomic E-state index is 0.243. The molecule has 0 spiro atoms. The predicted molar refractivity (Wildman–Crippen MR) is 114 cm³/mol. The van der Waals surface area contributed by atoms with Gasteiger partial charge in [-0.1, -0.05) is 6.92 Å². The minimum Gasteiger partial charge on any atom is -0.346 e. The van der Waals surface area contributed by atoms with Gasteiger partial charge in [-0.15, -0.1) is 0 Å². The molecule has 0 amide bonds. The molecule has 1 saturated heterocycles. The summed E-state index contributed by atoms with van der Waals surface area (Å²) in [5.74, 6) is 0.572. The van der Waals surface area contributed by atoms with E-state index in [1.807, 2.05) is 34.4 Å². The van der Waals surface area contributed by atoms with Crippen LogP contribution in [-0.2, 0) is 15.5 Å². The number of fused-ring (bicyclic) bond motifs is 1. The van der Waals surface area contributed by atoms with E-state index < -0.39 is 15.5 Å². The van der Waals surface area contributed by atoms with Gasteiger partial charge < -0.3 is 4.98 Å². The molecule has 1 saturated carbocycles. The van der Waals surface area contributed by atoms with Crippen LogP contribution in [0.15, 0.2) is 35.3 Å². The molecule has 1 unspecified atom stereocenters. The summed E-state index contributed by atoms with van der Waals surface area (Å²) >= 11 is 0. The van der Waals surface area contributed by atoms with E-state index in [0.717, 1.165) is 41.6 Å². The molecule has 156 valence electrons. The number of nitrogens with one attached hydrogen (secondary N) is 1. The fraction of sp³-hybridized carbons (Fsp3) is 0.500. The number of rotatable bonds is 7. The molecule has 1 N–H and O–H groups in total. The van der Waals surface area contributed by atoms with E-state index in [4.69, 9.17) is 0 Å². The lowest BCUT2D eigenvalue weighted by atomic mass is 9.89. The van der Waals surface area contributed by atoms with Crippen molar-refractivity contribution >= 4 is 20.9 Å². The molecule has 30 heavy (non-hydrogen) atoms. The van der Waals surface area contributed by atoms with Gasteiger partial charge in [0.15, 0.2) is 0 Å². The van der Waals surface area contributed by atoms with Gasteiger partial charge in [-0.05, 0) is 25.3 Å². The van der Waals surface area contributed by atoms with Crippen molar-refractivity contribution in [2.45, 2.75) is 44.2 Å². The second kappa shape index (κ2) is 7.18. The van der Waals surface area contributed by atoms with Gasteiger partial charge in [-0.3, -0.25) is 4.68 Å². The Balaban J connectivity index is 1.45. The zero-order chi connectivity index (χ0) is 20.8. The molecular weight excluding hydrogens is 400 g/mol. The molecule has 3 aromatic rings. The first-order valence-electron chi connectivity index (χ1n) is 10.3. The summed E-state index contributed by atoms with van der Waals surface area (Å²) in [7, 11) is -2.40. The Morgan fingerprint density at radius 2 is 2.23 bits per heavy atom. The third-order valence-corrected chi connectivity index (χ3v) is 8.41. The first-order chi connectivity index (χ1) is 14.6. The van der Waals surface area contributed by atoms with Gasteiger partial charge in [0.1, 0.15) is 27.4 Å². The molecule has 0 radical (unpaired) electrons. The van der Waals surface area contributed by atoms with Gasteiger partial charge in [0.05, 0.1) is 30.4 Å². The summed E-state index contributed by atoms with van der Waals surface area (Å²) in [5.41, 5.74) is 1.95. The Kier molecular flexibility index (Phi) is 4.60. The number of aromatic amines is 1. The molecular formula is C20H24N8OS. The van der Waals surface area contributed by atoms with Crippen LogP contribution in [0.1, 0.15) is 32.6 Å². The van der Waals surface area contributed by atoms with Gasteiger partial charge in [-0.2, -0.15) is 10.4 Å². The summed E-state index contributed by atoms with van der Waals surface area (Å²) < 4.78 is 22.0. The molecule has 0 aromatic carbocycles. The monoisotopic (exact) mass is 424 g/mol. The second-order valence-corrected chi connectivity index (χ2v) is 10.5. The van der Waals surface area contributed by atoms with Crippen molar-refractivity contribution in [3.63, 3.8) is 0 Å². The molecule has 9 nitrogen and oxygen atoms in total. The molecule has 1 aliphatic carbocycles. The maximum Gasteiger partial charge on any atom is 0.141 e. The van der Waals surface area contributed by atoms with Crippen LogP contribution in [0.5, 0.6) is 0 Å². The van der Waals surface area contributed by atoms with Crippen molar-refractivity contribution in [3.8, 4) is 17.3 Å². The highest BCUT2D eigenvalue weighted by Gasteiger charge is 2.49. The van der Waals surface area contributed by atoms with Crippen LogP contribution in [0.4, 0.5) is 0 Å². The summed E-state index contributed by atoms with van der Waals surface area (Å²) in [6.07, 6.45) is 10.3. The lowest BCUT2D eigenvalue weighted by Gasteiger charge is -2.49. The zero-order valence-corrected chi connectivity index (χ0v) is 17.7. The highest BCUT2D eigenvalue weighted by atomic mass is 32.2. The predicted octanol–water partition coefficient (Wildman–Crippen LogP) is 2.70. The van der Waals surface area contributed by atoms with Crippen molar-refractivity contribution < 1.29 is 4.21 Å². The topological polar surface area (TPSA) is 116 Å². The van der Waals surface area contributed by atoms with Crippen LogP contribution in [0.3, 0.4) is 0 Å². The van der Waals surface area contributed by atoms with Crippen molar-refractivity contribution in [1.82, 2.24) is 29.0 Å². The van der Waals surface area contributed by atoms with Gasteiger partial charge in [0.25, 0.3) is 0 Å². The second-order valence-electron chi connectivity index (χ2n) is 8.14. The van der Waals surface area contributed by atoms with E-state index in [1.54, 1.807) is 6.20 Å². The summed E-state index contributed by atoms with van der Waals surface area (Å²) in [6, 6.07) is 4.48. The summed E-state index contributed by atoms with van der Waals surface area (Å²) in [5, 5.41) is 15.0. The number of hydrogen-bond donors (Lipinski definition) is 1. The van der Waals surface area contributed by atoms with Crippen molar-refractivity contribution in [2.24, 2.45) is 4.36 Å². The van der Waals surface area contributed by atoms with Crippen LogP contribution < -0.4 is 0 Å². The SMILES string of the molecule is CCCS(=O)(=NC1CC1)N1CC(CC#N)(n2cc(-c3ncnc4[nH]ccc34)cn2)C1. The first kappa shape index (κ1) is 19.2. The standard InChI is InChI=1S/C20H24N8OS/c1-2-9-30(29,26-16-3-4-16)27-12-20(13-27,6-7-21)28-11-15(10-25-28)18-17-5-8-22-19(17)24-14-23-18/h5,8,10-11,14,16H,2-4,6,9,12-13H2,1H3,(H,22,23,24). The number of H-pyrrole nitrogens is 1. The molecule has 5 rings (SSSR count). The molecule has 3 aromatic heterocycles. The lowest BCUT2D eigenvalue weighted by molar-refractivity contribution is 0.0748. The van der Waals surface area contributed by atoms with Gasteiger partial charge >= 0.3 is 0 Å². The fourth-order valence-electron chi connectivity index (χ4n) is 4.03. The van der Waals surface area contributed by atoms with E-state index in [1.165, 1.54) is 6.33 Å². The summed E-state index contributed by atoms with van der Waals surface area (Å²) in [4.78, 5) is 11.8. The normalized spacial score (nSPS) is 20.4. The highest BCUT2D eigenvalue weighted by Crippen LogP contribution is 2.38. The average molecular weight is 425 g/mol. The van der Waals surface area contributed by atoms with E-state index in [9.17, 15) is 9.47 Å². The van der Waals surface area contributed by atoms with Crippen LogP contribution in [-0.4, -0.2) is 58.1 Å². The highest BCUT2D eigenvalue weighted by molar-refractivity contribution is 7.91. The van der Waals surface area contributed by atoms with E-state index in [-0.39, 0.29) is 6.04 Å². The summed E-state index contributed by atoms with van der Waals surface area (Å²) in [6.45, 7) is 3.06. The molecule has 4 heterocycles. The Hall–Kier alpha value is -2.77. The van der Waals surface area contributed by atoms with Crippen LogP contribution in [0, 0.1) is 11.3 Å². The Bertz CT molecular complexity index is 1230. The Labute approximate surface area is 175 Å². The van der Waals surface area contributed by atoms with Crippen molar-refractivity contribution in [2.75, 3.05) is 18.8 Å². The number of nitrogens with zero attached hydrogens (tertiary/aromatic N) is 7. The average Bonchev–Trinajstić information content (AvgIpc) is 3.18. The Morgan fingerprint density at radius 1 is 1.40 bits per heavy atom. The largest absolute Gasteiger partial charge is 0.346 e. The van der Waals surface area contributed by atoms with Crippen molar-refractivity contribution in [1.29, 1.82) is 5.26 Å². The van der Waals surface area contributed by atoms with Crippen LogP contribution >= 0.6 is 0 Å². The third kappa shape index (κ3) is 3.18. The number of aromatic nitrogens is 5.